The van der Waals surface area contributed by atoms with Crippen molar-refractivity contribution in [1.82, 2.24) is 14.7 Å². The number of amides is 3. The number of nitrogens with zero attached hydrogens (tertiary/aromatic N) is 3. The maximum Gasteiger partial charge on any atom is 0.320 e. The maximum atomic E-state index is 12.3. The topological polar surface area (TPSA) is 53.1 Å². The van der Waals surface area contributed by atoms with E-state index in [-0.39, 0.29) is 11.9 Å². The number of carbonyl (C=O) groups excluding carboxylic acids is 2. The lowest BCUT2D eigenvalue weighted by atomic mass is 10.3. The zero-order valence-corrected chi connectivity index (χ0v) is 14.6. The van der Waals surface area contributed by atoms with Gasteiger partial charge in [0.15, 0.2) is 0 Å². The van der Waals surface area contributed by atoms with Gasteiger partial charge in [-0.3, -0.25) is 4.79 Å². The number of urea groups is 1. The van der Waals surface area contributed by atoms with Crippen molar-refractivity contribution < 1.29 is 14.3 Å². The highest BCUT2D eigenvalue weighted by Crippen LogP contribution is 2.10. The van der Waals surface area contributed by atoms with E-state index in [2.05, 4.69) is 0 Å². The third-order valence-corrected chi connectivity index (χ3v) is 4.26. The molecule has 132 valence electrons. The summed E-state index contributed by atoms with van der Waals surface area (Å²) in [5.41, 5.74) is 0. The number of carbonyl (C=O) groups is 2. The number of piperazine rings is 1. The highest BCUT2D eigenvalue weighted by molar-refractivity contribution is 5.77. The summed E-state index contributed by atoms with van der Waals surface area (Å²) in [6.07, 6.45) is 0.360. The lowest BCUT2D eigenvalue weighted by molar-refractivity contribution is -0.133. The normalized spacial score (nSPS) is 14.4. The van der Waals surface area contributed by atoms with Crippen LogP contribution >= 0.6 is 0 Å². The van der Waals surface area contributed by atoms with Gasteiger partial charge in [0, 0.05) is 39.3 Å². The molecule has 0 bridgehead atoms. The van der Waals surface area contributed by atoms with Gasteiger partial charge in [0.25, 0.3) is 0 Å². The standard InChI is InChI=1S/C18H27N3O3/c1-3-19(4-2)18(23)21-13-11-20(12-14-21)17(22)10-15-24-16-8-6-5-7-9-16/h5-9H,3-4,10-15H2,1-2H3. The summed E-state index contributed by atoms with van der Waals surface area (Å²) in [4.78, 5) is 30.0. The minimum atomic E-state index is 0.0690. The molecular weight excluding hydrogens is 306 g/mol. The Morgan fingerprint density at radius 3 is 2.17 bits per heavy atom. The molecule has 1 fully saturated rings. The molecule has 1 aliphatic rings. The van der Waals surface area contributed by atoms with Gasteiger partial charge >= 0.3 is 6.03 Å². The second-order valence-corrected chi connectivity index (χ2v) is 5.73. The molecular formula is C18H27N3O3. The number of ether oxygens (including phenoxy) is 1. The van der Waals surface area contributed by atoms with Crippen molar-refractivity contribution >= 4 is 11.9 Å². The number of hydrogen-bond acceptors (Lipinski definition) is 3. The largest absolute Gasteiger partial charge is 0.493 e. The van der Waals surface area contributed by atoms with Crippen molar-refractivity contribution in [2.75, 3.05) is 45.9 Å². The van der Waals surface area contributed by atoms with Crippen molar-refractivity contribution in [2.24, 2.45) is 0 Å². The van der Waals surface area contributed by atoms with Gasteiger partial charge in [-0.15, -0.1) is 0 Å². The van der Waals surface area contributed by atoms with Crippen LogP contribution in [0.4, 0.5) is 4.79 Å². The van der Waals surface area contributed by atoms with Crippen LogP contribution < -0.4 is 4.74 Å². The molecule has 0 unspecified atom stereocenters. The van der Waals surface area contributed by atoms with Gasteiger partial charge in [-0.05, 0) is 26.0 Å². The van der Waals surface area contributed by atoms with Crippen LogP contribution in [0.25, 0.3) is 0 Å². The van der Waals surface area contributed by atoms with Gasteiger partial charge in [0.2, 0.25) is 5.91 Å². The average Bonchev–Trinajstić information content (AvgIpc) is 2.63. The number of rotatable bonds is 6. The summed E-state index contributed by atoms with van der Waals surface area (Å²) in [5, 5.41) is 0. The first-order valence-corrected chi connectivity index (χ1v) is 8.65. The average molecular weight is 333 g/mol. The maximum absolute atomic E-state index is 12.3. The Morgan fingerprint density at radius 1 is 1.00 bits per heavy atom. The molecule has 1 aromatic rings. The first-order valence-electron chi connectivity index (χ1n) is 8.65. The highest BCUT2D eigenvalue weighted by Gasteiger charge is 2.25. The zero-order chi connectivity index (χ0) is 17.4. The van der Waals surface area contributed by atoms with Crippen LogP contribution in [0.15, 0.2) is 30.3 Å². The first kappa shape index (κ1) is 18.1. The minimum Gasteiger partial charge on any atom is -0.493 e. The summed E-state index contributed by atoms with van der Waals surface area (Å²) in [7, 11) is 0. The Labute approximate surface area is 144 Å². The van der Waals surface area contributed by atoms with Crippen molar-refractivity contribution in [3.05, 3.63) is 30.3 Å². The molecule has 0 radical (unpaired) electrons. The number of benzene rings is 1. The van der Waals surface area contributed by atoms with E-state index in [1.54, 1.807) is 0 Å². The number of hydrogen-bond donors (Lipinski definition) is 0. The summed E-state index contributed by atoms with van der Waals surface area (Å²) >= 11 is 0. The molecule has 1 saturated heterocycles. The molecule has 0 N–H and O–H groups in total. The van der Waals surface area contributed by atoms with Crippen molar-refractivity contribution in [1.29, 1.82) is 0 Å². The fourth-order valence-corrected chi connectivity index (χ4v) is 2.77. The molecule has 1 aliphatic heterocycles. The molecule has 24 heavy (non-hydrogen) atoms. The second kappa shape index (κ2) is 9.15. The molecule has 0 aliphatic carbocycles. The van der Waals surface area contributed by atoms with Gasteiger partial charge in [-0.25, -0.2) is 4.79 Å². The van der Waals surface area contributed by atoms with Crippen molar-refractivity contribution in [3.63, 3.8) is 0 Å². The Hall–Kier alpha value is -2.24. The van der Waals surface area contributed by atoms with E-state index >= 15 is 0 Å². The van der Waals surface area contributed by atoms with Crippen LogP contribution in [0, 0.1) is 0 Å². The van der Waals surface area contributed by atoms with E-state index < -0.39 is 0 Å². The summed E-state index contributed by atoms with van der Waals surface area (Å²) < 4.78 is 5.57. The molecule has 1 aromatic carbocycles. The van der Waals surface area contributed by atoms with E-state index in [1.165, 1.54) is 0 Å². The van der Waals surface area contributed by atoms with Crippen LogP contribution in [0.3, 0.4) is 0 Å². The first-order chi connectivity index (χ1) is 11.7. The van der Waals surface area contributed by atoms with Crippen molar-refractivity contribution in [3.8, 4) is 5.75 Å². The van der Waals surface area contributed by atoms with Crippen LogP contribution in [-0.4, -0.2) is 72.5 Å². The highest BCUT2D eigenvalue weighted by atomic mass is 16.5. The van der Waals surface area contributed by atoms with E-state index in [9.17, 15) is 9.59 Å². The van der Waals surface area contributed by atoms with Gasteiger partial charge < -0.3 is 19.4 Å². The van der Waals surface area contributed by atoms with E-state index in [0.29, 0.717) is 52.3 Å². The van der Waals surface area contributed by atoms with E-state index in [1.807, 2.05) is 58.9 Å². The predicted octanol–water partition coefficient (Wildman–Crippen LogP) is 2.06. The summed E-state index contributed by atoms with van der Waals surface area (Å²) in [6.45, 7) is 8.15. The van der Waals surface area contributed by atoms with Gasteiger partial charge in [-0.2, -0.15) is 0 Å². The zero-order valence-electron chi connectivity index (χ0n) is 14.6. The molecule has 0 atom stereocenters. The molecule has 0 spiro atoms. The van der Waals surface area contributed by atoms with Crippen LogP contribution in [-0.2, 0) is 4.79 Å². The smallest absolute Gasteiger partial charge is 0.320 e. The molecule has 6 heteroatoms. The van der Waals surface area contributed by atoms with E-state index in [0.717, 1.165) is 5.75 Å². The third kappa shape index (κ3) is 4.88. The molecule has 2 rings (SSSR count). The second-order valence-electron chi connectivity index (χ2n) is 5.73. The van der Waals surface area contributed by atoms with Gasteiger partial charge in [0.05, 0.1) is 13.0 Å². The Bertz CT molecular complexity index is 524. The quantitative estimate of drug-likeness (QED) is 0.801. The molecule has 0 saturated carbocycles. The van der Waals surface area contributed by atoms with E-state index in [4.69, 9.17) is 4.74 Å². The predicted molar refractivity (Wildman–Crippen MR) is 93.0 cm³/mol. The third-order valence-electron chi connectivity index (χ3n) is 4.26. The minimum absolute atomic E-state index is 0.0690. The summed E-state index contributed by atoms with van der Waals surface area (Å²) in [6, 6.07) is 9.56. The van der Waals surface area contributed by atoms with Crippen molar-refractivity contribution in [2.45, 2.75) is 20.3 Å². The van der Waals surface area contributed by atoms with Crippen LogP contribution in [0.1, 0.15) is 20.3 Å². The number of para-hydroxylation sites is 1. The lowest BCUT2D eigenvalue weighted by Crippen LogP contribution is -2.54. The Kier molecular flexibility index (Phi) is 6.90. The molecule has 1 heterocycles. The lowest BCUT2D eigenvalue weighted by Gasteiger charge is -2.37. The van der Waals surface area contributed by atoms with Crippen LogP contribution in [0.5, 0.6) is 5.75 Å². The monoisotopic (exact) mass is 333 g/mol. The molecule has 3 amide bonds. The fraction of sp³-hybridized carbons (Fsp3) is 0.556. The Balaban J connectivity index is 1.71. The Morgan fingerprint density at radius 2 is 1.58 bits per heavy atom. The van der Waals surface area contributed by atoms with Gasteiger partial charge in [-0.1, -0.05) is 18.2 Å². The molecule has 6 nitrogen and oxygen atoms in total. The fourth-order valence-electron chi connectivity index (χ4n) is 2.77. The van der Waals surface area contributed by atoms with Crippen LogP contribution in [0.2, 0.25) is 0 Å². The van der Waals surface area contributed by atoms with Gasteiger partial charge in [0.1, 0.15) is 5.75 Å². The SMILES string of the molecule is CCN(CC)C(=O)N1CCN(C(=O)CCOc2ccccc2)CC1. The summed E-state index contributed by atoms with van der Waals surface area (Å²) in [5.74, 6) is 0.862. The molecule has 0 aromatic heterocycles.